The molecule has 0 N–H and O–H groups in total. The van der Waals surface area contributed by atoms with Gasteiger partial charge in [-0.2, -0.15) is 0 Å². The topological polar surface area (TPSA) is 38.1 Å². The molecule has 3 aliphatic rings. The van der Waals surface area contributed by atoms with Crippen LogP contribution >= 0.6 is 0 Å². The zero-order valence-corrected chi connectivity index (χ0v) is 13.2. The molecule has 2 aromatic rings. The number of imidazole rings is 1. The molecular weight excluding hydrogens is 286 g/mol. The highest BCUT2D eigenvalue weighted by atomic mass is 16.2. The van der Waals surface area contributed by atoms with Crippen molar-refractivity contribution in [2.24, 2.45) is 5.92 Å². The molecule has 3 heterocycles. The summed E-state index contributed by atoms with van der Waals surface area (Å²) < 4.78 is 2.28. The third-order valence-electron chi connectivity index (χ3n) is 5.86. The molecule has 1 atom stereocenters. The maximum Gasteiger partial charge on any atom is 0.227 e. The molecule has 118 valence electrons. The van der Waals surface area contributed by atoms with E-state index >= 15 is 0 Å². The van der Waals surface area contributed by atoms with E-state index in [0.29, 0.717) is 18.4 Å². The first-order valence-corrected chi connectivity index (χ1v) is 8.75. The smallest absolute Gasteiger partial charge is 0.227 e. The summed E-state index contributed by atoms with van der Waals surface area (Å²) in [6, 6.07) is 5.13. The standard InChI is InChI=1S/C19H21N3O/c23-17-5-4-14-10-16(11-15-6-8-22(17)19(14)15)18(13-2-1-3-13)21-9-7-20-12-21/h7,9-13,18H,1-6,8H2. The largest absolute Gasteiger partial charge is 0.330 e. The molecule has 0 spiro atoms. The Kier molecular flexibility index (Phi) is 2.87. The Labute approximate surface area is 136 Å². The summed E-state index contributed by atoms with van der Waals surface area (Å²) in [5.74, 6) is 1.02. The van der Waals surface area contributed by atoms with E-state index in [1.165, 1.54) is 41.6 Å². The molecule has 1 aromatic heterocycles. The highest BCUT2D eigenvalue weighted by molar-refractivity contribution is 5.98. The third kappa shape index (κ3) is 1.97. The zero-order chi connectivity index (χ0) is 15.4. The molecule has 1 fully saturated rings. The summed E-state index contributed by atoms with van der Waals surface area (Å²) in [7, 11) is 0. The predicted octanol–water partition coefficient (Wildman–Crippen LogP) is 3.11. The SMILES string of the molecule is O=C1CCc2cc(C(C3CCC3)n3ccnc3)cc3c2N1CC3. The zero-order valence-electron chi connectivity index (χ0n) is 13.2. The number of hydrogen-bond donors (Lipinski definition) is 0. The van der Waals surface area contributed by atoms with Crippen molar-refractivity contribution in [2.45, 2.75) is 44.6 Å². The van der Waals surface area contributed by atoms with E-state index in [4.69, 9.17) is 0 Å². The van der Waals surface area contributed by atoms with Crippen LogP contribution in [-0.4, -0.2) is 22.0 Å². The Balaban J connectivity index is 1.62. The van der Waals surface area contributed by atoms with Crippen molar-refractivity contribution in [1.29, 1.82) is 0 Å². The van der Waals surface area contributed by atoms with Crippen LogP contribution in [0.5, 0.6) is 0 Å². The number of carbonyl (C=O) groups is 1. The summed E-state index contributed by atoms with van der Waals surface area (Å²) in [5.41, 5.74) is 5.38. The summed E-state index contributed by atoms with van der Waals surface area (Å²) in [5, 5.41) is 0. The number of aryl methyl sites for hydroxylation is 1. The average Bonchev–Trinajstić information content (AvgIpc) is 3.16. The lowest BCUT2D eigenvalue weighted by Gasteiger charge is -2.36. The fourth-order valence-corrected chi connectivity index (χ4v) is 4.53. The number of hydrogen-bond acceptors (Lipinski definition) is 2. The molecule has 1 saturated carbocycles. The lowest BCUT2D eigenvalue weighted by molar-refractivity contribution is -0.118. The predicted molar refractivity (Wildman–Crippen MR) is 88.5 cm³/mol. The van der Waals surface area contributed by atoms with Crippen LogP contribution in [0.2, 0.25) is 0 Å². The van der Waals surface area contributed by atoms with Gasteiger partial charge < -0.3 is 9.47 Å². The van der Waals surface area contributed by atoms with Crippen LogP contribution in [0.3, 0.4) is 0 Å². The Hall–Kier alpha value is -2.10. The Morgan fingerprint density at radius 3 is 2.65 bits per heavy atom. The van der Waals surface area contributed by atoms with Gasteiger partial charge >= 0.3 is 0 Å². The van der Waals surface area contributed by atoms with Crippen molar-refractivity contribution in [3.63, 3.8) is 0 Å². The van der Waals surface area contributed by atoms with E-state index in [0.717, 1.165) is 25.3 Å². The van der Waals surface area contributed by atoms with Gasteiger partial charge in [0.15, 0.2) is 0 Å². The molecule has 5 rings (SSSR count). The Morgan fingerprint density at radius 1 is 1.13 bits per heavy atom. The van der Waals surface area contributed by atoms with Gasteiger partial charge in [-0.25, -0.2) is 4.98 Å². The van der Waals surface area contributed by atoms with Crippen LogP contribution in [-0.2, 0) is 17.6 Å². The van der Waals surface area contributed by atoms with Crippen LogP contribution in [0.4, 0.5) is 5.69 Å². The molecule has 4 heteroatoms. The minimum atomic E-state index is 0.300. The molecule has 1 aliphatic carbocycles. The van der Waals surface area contributed by atoms with Gasteiger partial charge in [-0.15, -0.1) is 0 Å². The van der Waals surface area contributed by atoms with Gasteiger partial charge in [-0.3, -0.25) is 4.79 Å². The summed E-state index contributed by atoms with van der Waals surface area (Å²) in [4.78, 5) is 18.4. The fraction of sp³-hybridized carbons (Fsp3) is 0.474. The van der Waals surface area contributed by atoms with Crippen molar-refractivity contribution in [1.82, 2.24) is 9.55 Å². The van der Waals surface area contributed by atoms with Crippen LogP contribution in [0, 0.1) is 5.92 Å². The molecule has 2 aliphatic heterocycles. The van der Waals surface area contributed by atoms with E-state index in [1.54, 1.807) is 0 Å². The van der Waals surface area contributed by atoms with Crippen molar-refractivity contribution in [3.8, 4) is 0 Å². The second-order valence-corrected chi connectivity index (χ2v) is 7.13. The summed E-state index contributed by atoms with van der Waals surface area (Å²) in [6.07, 6.45) is 12.4. The molecule has 4 nitrogen and oxygen atoms in total. The molecule has 1 amide bonds. The van der Waals surface area contributed by atoms with Crippen LogP contribution in [0.25, 0.3) is 0 Å². The van der Waals surface area contributed by atoms with Crippen LogP contribution < -0.4 is 4.90 Å². The molecule has 1 unspecified atom stereocenters. The van der Waals surface area contributed by atoms with Gasteiger partial charge in [0.25, 0.3) is 0 Å². The van der Waals surface area contributed by atoms with E-state index in [9.17, 15) is 4.79 Å². The highest BCUT2D eigenvalue weighted by Crippen LogP contribution is 2.44. The number of anilines is 1. The molecule has 1 aromatic carbocycles. The minimum absolute atomic E-state index is 0.300. The second kappa shape index (κ2) is 4.95. The highest BCUT2D eigenvalue weighted by Gasteiger charge is 2.35. The van der Waals surface area contributed by atoms with E-state index < -0.39 is 0 Å². The average molecular weight is 307 g/mol. The van der Waals surface area contributed by atoms with Gasteiger partial charge in [0.1, 0.15) is 0 Å². The molecule has 0 radical (unpaired) electrons. The van der Waals surface area contributed by atoms with Crippen molar-refractivity contribution >= 4 is 11.6 Å². The van der Waals surface area contributed by atoms with E-state index in [-0.39, 0.29) is 0 Å². The van der Waals surface area contributed by atoms with Crippen molar-refractivity contribution in [2.75, 3.05) is 11.4 Å². The molecular formula is C19H21N3O. The monoisotopic (exact) mass is 307 g/mol. The number of benzene rings is 1. The molecule has 0 bridgehead atoms. The fourth-order valence-electron chi connectivity index (χ4n) is 4.53. The molecule has 23 heavy (non-hydrogen) atoms. The maximum atomic E-state index is 12.1. The lowest BCUT2D eigenvalue weighted by atomic mass is 9.76. The number of amides is 1. The number of rotatable bonds is 3. The number of nitrogens with zero attached hydrogens (tertiary/aromatic N) is 3. The first kappa shape index (κ1) is 13.3. The third-order valence-corrected chi connectivity index (χ3v) is 5.86. The van der Waals surface area contributed by atoms with Gasteiger partial charge in [0, 0.05) is 25.4 Å². The molecule has 0 saturated heterocycles. The summed E-state index contributed by atoms with van der Waals surface area (Å²) in [6.45, 7) is 0.865. The van der Waals surface area contributed by atoms with Crippen LogP contribution in [0.15, 0.2) is 30.9 Å². The minimum Gasteiger partial charge on any atom is -0.330 e. The van der Waals surface area contributed by atoms with Gasteiger partial charge in [-0.1, -0.05) is 18.6 Å². The number of carbonyl (C=O) groups excluding carboxylic acids is 1. The normalized spacial score (nSPS) is 21.2. The lowest BCUT2D eigenvalue weighted by Crippen LogP contribution is -2.33. The summed E-state index contributed by atoms with van der Waals surface area (Å²) >= 11 is 0. The second-order valence-electron chi connectivity index (χ2n) is 7.13. The Bertz CT molecular complexity index is 761. The Morgan fingerprint density at radius 2 is 1.96 bits per heavy atom. The van der Waals surface area contributed by atoms with E-state index in [1.807, 2.05) is 17.4 Å². The number of aromatic nitrogens is 2. The first-order valence-electron chi connectivity index (χ1n) is 8.75. The van der Waals surface area contributed by atoms with Crippen molar-refractivity contribution in [3.05, 3.63) is 47.5 Å². The van der Waals surface area contributed by atoms with Gasteiger partial charge in [-0.05, 0) is 48.3 Å². The first-order chi connectivity index (χ1) is 11.3. The van der Waals surface area contributed by atoms with Gasteiger partial charge in [0.2, 0.25) is 5.91 Å². The van der Waals surface area contributed by atoms with Gasteiger partial charge in [0.05, 0.1) is 18.1 Å². The van der Waals surface area contributed by atoms with Crippen LogP contribution in [0.1, 0.15) is 48.4 Å². The van der Waals surface area contributed by atoms with Crippen molar-refractivity contribution < 1.29 is 4.79 Å². The quantitative estimate of drug-likeness (QED) is 0.874. The van der Waals surface area contributed by atoms with E-state index in [2.05, 4.69) is 27.9 Å². The maximum absolute atomic E-state index is 12.1.